The van der Waals surface area contributed by atoms with Gasteiger partial charge in [0.25, 0.3) is 0 Å². The number of para-hydroxylation sites is 2. The molecular formula is C15H20N6. The molecule has 0 bridgehead atoms. The van der Waals surface area contributed by atoms with Crippen LogP contribution in [-0.2, 0) is 20.1 Å². The third kappa shape index (κ3) is 2.54. The van der Waals surface area contributed by atoms with Gasteiger partial charge in [-0.05, 0) is 26.0 Å². The molecular weight excluding hydrogens is 264 g/mol. The predicted molar refractivity (Wildman–Crippen MR) is 81.7 cm³/mol. The van der Waals surface area contributed by atoms with E-state index in [1.54, 1.807) is 6.33 Å². The first-order valence-corrected chi connectivity index (χ1v) is 7.22. The first kappa shape index (κ1) is 13.8. The summed E-state index contributed by atoms with van der Waals surface area (Å²) in [5, 5.41) is 11.5. The fourth-order valence-corrected chi connectivity index (χ4v) is 2.63. The van der Waals surface area contributed by atoms with Gasteiger partial charge < -0.3 is 14.5 Å². The molecule has 21 heavy (non-hydrogen) atoms. The number of aryl methyl sites for hydroxylation is 2. The molecule has 1 aromatic carbocycles. The zero-order valence-corrected chi connectivity index (χ0v) is 12.6. The summed E-state index contributed by atoms with van der Waals surface area (Å²) in [5.41, 5.74) is 2.23. The molecule has 0 aliphatic heterocycles. The Kier molecular flexibility index (Phi) is 3.70. The average Bonchev–Trinajstić information content (AvgIpc) is 3.07. The summed E-state index contributed by atoms with van der Waals surface area (Å²) in [6.45, 7) is 5.85. The molecule has 0 fully saturated rings. The molecule has 110 valence electrons. The smallest absolute Gasteiger partial charge is 0.149 e. The SMILES string of the molecule is CCn1c(CNC(C)c2nncn2C)nc2ccccc21. The maximum atomic E-state index is 4.72. The van der Waals surface area contributed by atoms with Crippen molar-refractivity contribution in [3.63, 3.8) is 0 Å². The lowest BCUT2D eigenvalue weighted by Gasteiger charge is -2.13. The van der Waals surface area contributed by atoms with Gasteiger partial charge in [0.1, 0.15) is 18.0 Å². The van der Waals surface area contributed by atoms with E-state index in [1.807, 2.05) is 17.7 Å². The summed E-state index contributed by atoms with van der Waals surface area (Å²) in [7, 11) is 1.95. The number of aromatic nitrogens is 5. The van der Waals surface area contributed by atoms with Gasteiger partial charge in [0.05, 0.1) is 23.6 Å². The fraction of sp³-hybridized carbons (Fsp3) is 0.400. The monoisotopic (exact) mass is 284 g/mol. The van der Waals surface area contributed by atoms with Crippen LogP contribution in [0.25, 0.3) is 11.0 Å². The van der Waals surface area contributed by atoms with Gasteiger partial charge in [0.2, 0.25) is 0 Å². The molecule has 1 N–H and O–H groups in total. The normalized spacial score (nSPS) is 12.9. The molecule has 2 heterocycles. The molecule has 0 saturated carbocycles. The van der Waals surface area contributed by atoms with Crippen molar-refractivity contribution in [1.29, 1.82) is 0 Å². The van der Waals surface area contributed by atoms with Gasteiger partial charge in [0.15, 0.2) is 0 Å². The number of imidazole rings is 1. The number of hydrogen-bond donors (Lipinski definition) is 1. The van der Waals surface area contributed by atoms with Crippen LogP contribution in [0.4, 0.5) is 0 Å². The van der Waals surface area contributed by atoms with Crippen molar-refractivity contribution < 1.29 is 0 Å². The van der Waals surface area contributed by atoms with Crippen molar-refractivity contribution in [2.24, 2.45) is 7.05 Å². The van der Waals surface area contributed by atoms with E-state index in [-0.39, 0.29) is 6.04 Å². The van der Waals surface area contributed by atoms with Crippen molar-refractivity contribution in [2.45, 2.75) is 33.0 Å². The highest BCUT2D eigenvalue weighted by atomic mass is 15.3. The standard InChI is InChI=1S/C15H20N6/c1-4-21-13-8-6-5-7-12(13)18-14(21)9-16-11(2)15-19-17-10-20(15)3/h5-8,10-11,16H,4,9H2,1-3H3. The summed E-state index contributed by atoms with van der Waals surface area (Å²) in [6.07, 6.45) is 1.72. The fourth-order valence-electron chi connectivity index (χ4n) is 2.63. The van der Waals surface area contributed by atoms with Crippen LogP contribution in [0.3, 0.4) is 0 Å². The van der Waals surface area contributed by atoms with Crippen molar-refractivity contribution >= 4 is 11.0 Å². The molecule has 0 saturated heterocycles. The van der Waals surface area contributed by atoms with Crippen molar-refractivity contribution in [2.75, 3.05) is 0 Å². The van der Waals surface area contributed by atoms with Crippen molar-refractivity contribution in [1.82, 2.24) is 29.6 Å². The summed E-state index contributed by atoms with van der Waals surface area (Å²) < 4.78 is 4.17. The molecule has 2 aromatic heterocycles. The Morgan fingerprint density at radius 1 is 1.29 bits per heavy atom. The first-order chi connectivity index (χ1) is 10.2. The molecule has 0 amide bonds. The number of fused-ring (bicyclic) bond motifs is 1. The Morgan fingerprint density at radius 3 is 2.81 bits per heavy atom. The third-order valence-electron chi connectivity index (χ3n) is 3.75. The molecule has 1 unspecified atom stereocenters. The van der Waals surface area contributed by atoms with Crippen LogP contribution in [-0.4, -0.2) is 24.3 Å². The highest BCUT2D eigenvalue weighted by Gasteiger charge is 2.13. The summed E-state index contributed by atoms with van der Waals surface area (Å²) in [4.78, 5) is 4.72. The average molecular weight is 284 g/mol. The maximum absolute atomic E-state index is 4.72. The highest BCUT2D eigenvalue weighted by Crippen LogP contribution is 2.16. The van der Waals surface area contributed by atoms with E-state index in [0.29, 0.717) is 6.54 Å². The van der Waals surface area contributed by atoms with E-state index in [9.17, 15) is 0 Å². The Bertz CT molecular complexity index is 742. The van der Waals surface area contributed by atoms with E-state index in [1.165, 1.54) is 5.52 Å². The van der Waals surface area contributed by atoms with Crippen LogP contribution in [0.15, 0.2) is 30.6 Å². The largest absolute Gasteiger partial charge is 0.327 e. The third-order valence-corrected chi connectivity index (χ3v) is 3.75. The van der Waals surface area contributed by atoms with Gasteiger partial charge in [-0.3, -0.25) is 0 Å². The molecule has 0 aliphatic rings. The molecule has 3 rings (SSSR count). The topological polar surface area (TPSA) is 60.6 Å². The molecule has 0 radical (unpaired) electrons. The van der Waals surface area contributed by atoms with Crippen LogP contribution in [0.2, 0.25) is 0 Å². The Balaban J connectivity index is 1.80. The van der Waals surface area contributed by atoms with Crippen LogP contribution < -0.4 is 5.32 Å². The summed E-state index contributed by atoms with van der Waals surface area (Å²) in [6, 6.07) is 8.37. The van der Waals surface area contributed by atoms with E-state index < -0.39 is 0 Å². The first-order valence-electron chi connectivity index (χ1n) is 7.22. The Hall–Kier alpha value is -2.21. The minimum atomic E-state index is 0.127. The molecule has 6 nitrogen and oxygen atoms in total. The van der Waals surface area contributed by atoms with Gasteiger partial charge in [-0.25, -0.2) is 4.98 Å². The van der Waals surface area contributed by atoms with Gasteiger partial charge in [-0.1, -0.05) is 12.1 Å². The van der Waals surface area contributed by atoms with Crippen LogP contribution in [0.5, 0.6) is 0 Å². The van der Waals surface area contributed by atoms with E-state index in [4.69, 9.17) is 4.98 Å². The van der Waals surface area contributed by atoms with Gasteiger partial charge in [-0.2, -0.15) is 0 Å². The highest BCUT2D eigenvalue weighted by molar-refractivity contribution is 5.75. The number of nitrogens with one attached hydrogen (secondary N) is 1. The molecule has 6 heteroatoms. The zero-order chi connectivity index (χ0) is 14.8. The summed E-state index contributed by atoms with van der Waals surface area (Å²) >= 11 is 0. The number of rotatable bonds is 5. The minimum Gasteiger partial charge on any atom is -0.327 e. The molecule has 0 spiro atoms. The number of benzene rings is 1. The number of nitrogens with zero attached hydrogens (tertiary/aromatic N) is 5. The van der Waals surface area contributed by atoms with Gasteiger partial charge >= 0.3 is 0 Å². The number of hydrogen-bond acceptors (Lipinski definition) is 4. The van der Waals surface area contributed by atoms with Gasteiger partial charge in [-0.15, -0.1) is 10.2 Å². The second-order valence-corrected chi connectivity index (χ2v) is 5.16. The van der Waals surface area contributed by atoms with Crippen LogP contribution in [0.1, 0.15) is 31.5 Å². The molecule has 1 atom stereocenters. The van der Waals surface area contributed by atoms with Crippen LogP contribution >= 0.6 is 0 Å². The van der Waals surface area contributed by atoms with E-state index in [2.05, 4.69) is 52.1 Å². The predicted octanol–water partition coefficient (Wildman–Crippen LogP) is 2.04. The van der Waals surface area contributed by atoms with Gasteiger partial charge in [0, 0.05) is 13.6 Å². The lowest BCUT2D eigenvalue weighted by molar-refractivity contribution is 0.508. The zero-order valence-electron chi connectivity index (χ0n) is 12.6. The molecule has 3 aromatic rings. The molecule has 0 aliphatic carbocycles. The second-order valence-electron chi connectivity index (χ2n) is 5.16. The van der Waals surface area contributed by atoms with Crippen LogP contribution in [0, 0.1) is 0 Å². The Morgan fingerprint density at radius 2 is 2.10 bits per heavy atom. The quantitative estimate of drug-likeness (QED) is 0.779. The van der Waals surface area contributed by atoms with E-state index in [0.717, 1.165) is 23.7 Å². The maximum Gasteiger partial charge on any atom is 0.149 e. The van der Waals surface area contributed by atoms with Crippen molar-refractivity contribution in [3.05, 3.63) is 42.2 Å². The lowest BCUT2D eigenvalue weighted by Crippen LogP contribution is -2.23. The minimum absolute atomic E-state index is 0.127. The van der Waals surface area contributed by atoms with E-state index >= 15 is 0 Å². The van der Waals surface area contributed by atoms with Crippen molar-refractivity contribution in [3.8, 4) is 0 Å². The lowest BCUT2D eigenvalue weighted by atomic mass is 10.3. The Labute approximate surface area is 123 Å². The second kappa shape index (κ2) is 5.65. The summed E-state index contributed by atoms with van der Waals surface area (Å²) in [5.74, 6) is 1.97.